The van der Waals surface area contributed by atoms with Crippen molar-refractivity contribution in [3.63, 3.8) is 0 Å². The van der Waals surface area contributed by atoms with Crippen molar-refractivity contribution in [3.8, 4) is 10.6 Å². The Labute approximate surface area is 143 Å². The summed E-state index contributed by atoms with van der Waals surface area (Å²) in [6.45, 7) is 4.13. The molecule has 24 heavy (non-hydrogen) atoms. The van der Waals surface area contributed by atoms with Crippen molar-refractivity contribution in [2.45, 2.75) is 26.2 Å². The summed E-state index contributed by atoms with van der Waals surface area (Å²) in [6.07, 6.45) is 0.783. The minimum Gasteiger partial charge on any atom is -0.465 e. The zero-order valence-electron chi connectivity index (χ0n) is 13.6. The van der Waals surface area contributed by atoms with Gasteiger partial charge in [-0.1, -0.05) is 19.1 Å². The molecule has 0 saturated carbocycles. The molecule has 0 radical (unpaired) electrons. The molecule has 2 aromatic heterocycles. The molecule has 0 saturated heterocycles. The average molecular weight is 342 g/mol. The van der Waals surface area contributed by atoms with E-state index in [-0.39, 0.29) is 11.4 Å². The predicted molar refractivity (Wildman–Crippen MR) is 95.5 cm³/mol. The van der Waals surface area contributed by atoms with Crippen LogP contribution < -0.4 is 5.43 Å². The van der Waals surface area contributed by atoms with Gasteiger partial charge in [0.05, 0.1) is 22.8 Å². The number of ether oxygens (including phenoxy) is 1. The summed E-state index contributed by atoms with van der Waals surface area (Å²) < 4.78 is 11.0. The first-order valence-electron chi connectivity index (χ1n) is 7.88. The van der Waals surface area contributed by atoms with Crippen LogP contribution in [0.25, 0.3) is 21.6 Å². The topological polar surface area (TPSA) is 56.5 Å². The minimum atomic E-state index is -0.419. The highest BCUT2D eigenvalue weighted by Crippen LogP contribution is 2.27. The largest absolute Gasteiger partial charge is 0.465 e. The van der Waals surface area contributed by atoms with Gasteiger partial charge >= 0.3 is 5.97 Å². The number of hydrogen-bond acceptors (Lipinski definition) is 5. The molecule has 0 aliphatic rings. The SMILES string of the molecule is CCCOC(=O)C(C)c1ccc2oc(-c3cccs3)cc(=O)c2c1. The number of fused-ring (bicyclic) bond motifs is 1. The van der Waals surface area contributed by atoms with Crippen LogP contribution in [-0.2, 0) is 9.53 Å². The summed E-state index contributed by atoms with van der Waals surface area (Å²) in [5, 5.41) is 2.41. The van der Waals surface area contributed by atoms with Gasteiger partial charge < -0.3 is 9.15 Å². The lowest BCUT2D eigenvalue weighted by Crippen LogP contribution is -2.14. The number of rotatable bonds is 5. The fourth-order valence-corrected chi connectivity index (χ4v) is 3.12. The molecule has 1 aromatic carbocycles. The van der Waals surface area contributed by atoms with Crippen LogP contribution in [0, 0.1) is 0 Å². The molecular weight excluding hydrogens is 324 g/mol. The normalized spacial score (nSPS) is 12.2. The lowest BCUT2D eigenvalue weighted by molar-refractivity contribution is -0.145. The Morgan fingerprint density at radius 1 is 1.29 bits per heavy atom. The Morgan fingerprint density at radius 2 is 2.12 bits per heavy atom. The first-order chi connectivity index (χ1) is 11.6. The van der Waals surface area contributed by atoms with Crippen LogP contribution in [-0.4, -0.2) is 12.6 Å². The second-order valence-corrected chi connectivity index (χ2v) is 6.54. The standard InChI is InChI=1S/C19H18O4S/c1-3-8-22-19(21)12(2)13-6-7-16-14(10-13)15(20)11-17(23-16)18-5-4-9-24-18/h4-7,9-12H,3,8H2,1-2H3. The molecule has 1 unspecified atom stereocenters. The van der Waals surface area contributed by atoms with Gasteiger partial charge in [-0.15, -0.1) is 11.3 Å². The Hall–Kier alpha value is -2.40. The first kappa shape index (κ1) is 16.5. The van der Waals surface area contributed by atoms with Crippen molar-refractivity contribution >= 4 is 28.3 Å². The highest BCUT2D eigenvalue weighted by Gasteiger charge is 2.18. The van der Waals surface area contributed by atoms with Crippen LogP contribution in [0.5, 0.6) is 0 Å². The van der Waals surface area contributed by atoms with Gasteiger partial charge in [-0.3, -0.25) is 9.59 Å². The van der Waals surface area contributed by atoms with E-state index in [0.29, 0.717) is 23.3 Å². The second kappa shape index (κ2) is 7.01. The summed E-state index contributed by atoms with van der Waals surface area (Å²) in [5.41, 5.74) is 1.15. The van der Waals surface area contributed by atoms with E-state index in [0.717, 1.165) is 16.9 Å². The zero-order chi connectivity index (χ0) is 17.1. The van der Waals surface area contributed by atoms with Crippen LogP contribution in [0.3, 0.4) is 0 Å². The monoisotopic (exact) mass is 342 g/mol. The van der Waals surface area contributed by atoms with E-state index in [9.17, 15) is 9.59 Å². The number of carbonyl (C=O) groups is 1. The third-order valence-electron chi connectivity index (χ3n) is 3.82. The van der Waals surface area contributed by atoms with Gasteiger partial charge in [-0.25, -0.2) is 0 Å². The summed E-state index contributed by atoms with van der Waals surface area (Å²) in [5.74, 6) is -0.140. The molecule has 0 aliphatic carbocycles. The van der Waals surface area contributed by atoms with E-state index in [1.165, 1.54) is 17.4 Å². The fourth-order valence-electron chi connectivity index (χ4n) is 2.45. The van der Waals surface area contributed by atoms with Gasteiger partial charge in [-0.2, -0.15) is 0 Å². The van der Waals surface area contributed by atoms with Crippen molar-refractivity contribution in [1.29, 1.82) is 0 Å². The lowest BCUT2D eigenvalue weighted by Gasteiger charge is -2.12. The van der Waals surface area contributed by atoms with Crippen LogP contribution in [0.1, 0.15) is 31.7 Å². The second-order valence-electron chi connectivity index (χ2n) is 5.60. The quantitative estimate of drug-likeness (QED) is 0.637. The molecule has 0 aliphatic heterocycles. The molecule has 0 spiro atoms. The van der Waals surface area contributed by atoms with Crippen molar-refractivity contribution in [1.82, 2.24) is 0 Å². The average Bonchev–Trinajstić information content (AvgIpc) is 3.13. The first-order valence-corrected chi connectivity index (χ1v) is 8.76. The van der Waals surface area contributed by atoms with E-state index in [1.807, 2.05) is 24.4 Å². The number of benzene rings is 1. The Balaban J connectivity index is 1.97. The molecule has 0 bridgehead atoms. The number of hydrogen-bond donors (Lipinski definition) is 0. The third kappa shape index (κ3) is 3.26. The van der Waals surface area contributed by atoms with E-state index in [4.69, 9.17) is 9.15 Å². The van der Waals surface area contributed by atoms with Gasteiger partial charge in [0.2, 0.25) is 0 Å². The lowest BCUT2D eigenvalue weighted by atomic mass is 9.99. The summed E-state index contributed by atoms with van der Waals surface area (Å²) in [4.78, 5) is 25.4. The van der Waals surface area contributed by atoms with E-state index < -0.39 is 5.92 Å². The molecule has 0 N–H and O–H groups in total. The Bertz CT molecular complexity index is 909. The highest BCUT2D eigenvalue weighted by molar-refractivity contribution is 7.13. The van der Waals surface area contributed by atoms with Crippen LogP contribution in [0.2, 0.25) is 0 Å². The molecule has 0 amide bonds. The van der Waals surface area contributed by atoms with E-state index in [2.05, 4.69) is 0 Å². The van der Waals surface area contributed by atoms with Crippen molar-refractivity contribution in [3.05, 3.63) is 57.6 Å². The van der Waals surface area contributed by atoms with Crippen LogP contribution in [0.15, 0.2) is 51.0 Å². The highest BCUT2D eigenvalue weighted by atomic mass is 32.1. The van der Waals surface area contributed by atoms with Crippen molar-refractivity contribution in [2.75, 3.05) is 6.61 Å². The predicted octanol–water partition coefficient (Wildman–Crippen LogP) is 4.58. The molecule has 5 heteroatoms. The maximum Gasteiger partial charge on any atom is 0.313 e. The van der Waals surface area contributed by atoms with Gasteiger partial charge in [0, 0.05) is 6.07 Å². The van der Waals surface area contributed by atoms with Crippen LogP contribution >= 0.6 is 11.3 Å². The van der Waals surface area contributed by atoms with Gasteiger partial charge in [0.15, 0.2) is 5.43 Å². The Kier molecular flexibility index (Phi) is 4.81. The number of carbonyl (C=O) groups excluding carboxylic acids is 1. The minimum absolute atomic E-state index is 0.115. The summed E-state index contributed by atoms with van der Waals surface area (Å²) in [7, 11) is 0. The molecule has 0 fully saturated rings. The third-order valence-corrected chi connectivity index (χ3v) is 4.70. The number of thiophene rings is 1. The molecule has 3 rings (SSSR count). The molecule has 2 heterocycles. The zero-order valence-corrected chi connectivity index (χ0v) is 14.4. The summed E-state index contributed by atoms with van der Waals surface area (Å²) in [6, 6.07) is 10.6. The van der Waals surface area contributed by atoms with E-state index in [1.54, 1.807) is 25.1 Å². The van der Waals surface area contributed by atoms with Crippen LogP contribution in [0.4, 0.5) is 0 Å². The smallest absolute Gasteiger partial charge is 0.313 e. The molecule has 4 nitrogen and oxygen atoms in total. The molecular formula is C19H18O4S. The Morgan fingerprint density at radius 3 is 2.83 bits per heavy atom. The summed E-state index contributed by atoms with van der Waals surface area (Å²) >= 11 is 1.52. The van der Waals surface area contributed by atoms with Crippen molar-refractivity contribution in [2.24, 2.45) is 0 Å². The van der Waals surface area contributed by atoms with Gasteiger partial charge in [0.25, 0.3) is 0 Å². The molecule has 1 atom stereocenters. The molecule has 3 aromatic rings. The van der Waals surface area contributed by atoms with Crippen molar-refractivity contribution < 1.29 is 13.9 Å². The fraction of sp³-hybridized carbons (Fsp3) is 0.263. The maximum absolute atomic E-state index is 12.4. The maximum atomic E-state index is 12.4. The molecule has 124 valence electrons. The van der Waals surface area contributed by atoms with Gasteiger partial charge in [0.1, 0.15) is 11.3 Å². The van der Waals surface area contributed by atoms with Gasteiger partial charge in [-0.05, 0) is 42.5 Å². The van der Waals surface area contributed by atoms with E-state index >= 15 is 0 Å². The number of esters is 1.